The van der Waals surface area contributed by atoms with E-state index in [0.29, 0.717) is 11.3 Å². The number of nitrogens with two attached hydrogens (primary N) is 1. The molecule has 2 aromatic carbocycles. The van der Waals surface area contributed by atoms with E-state index in [2.05, 4.69) is 21.2 Å². The van der Waals surface area contributed by atoms with Gasteiger partial charge in [0.25, 0.3) is 0 Å². The number of anilines is 1. The quantitative estimate of drug-likeness (QED) is 0.815. The van der Waals surface area contributed by atoms with Gasteiger partial charge in [-0.25, -0.2) is 4.39 Å². The van der Waals surface area contributed by atoms with Gasteiger partial charge in [0, 0.05) is 10.0 Å². The van der Waals surface area contributed by atoms with Crippen LogP contribution in [-0.2, 0) is 11.2 Å². The number of rotatable bonds is 4. The number of hydrogen-bond donors (Lipinski definition) is 2. The molecule has 21 heavy (non-hydrogen) atoms. The van der Waals surface area contributed by atoms with E-state index < -0.39 is 0 Å². The van der Waals surface area contributed by atoms with Gasteiger partial charge in [-0.1, -0.05) is 40.3 Å². The third-order valence-corrected chi connectivity index (χ3v) is 3.51. The van der Waals surface area contributed by atoms with Gasteiger partial charge in [0.15, 0.2) is 0 Å². The fraction of sp³-hybridized carbons (Fsp3) is 0.0667. The number of halogens is 2. The average Bonchev–Trinajstić information content (AvgIpc) is 2.41. The molecule has 0 aliphatic rings. The van der Waals surface area contributed by atoms with Gasteiger partial charge < -0.3 is 11.1 Å². The maximum absolute atomic E-state index is 12.8. The molecule has 0 saturated carbocycles. The number of nitrogens with one attached hydrogen (secondary N) is 1. The van der Waals surface area contributed by atoms with Crippen LogP contribution >= 0.6 is 28.1 Å². The Hall–Kier alpha value is -1.79. The number of carbonyl (C=O) groups is 1. The standard InChI is InChI=1S/C15H12BrFN2OS/c16-10-3-6-12(15(18)21)13(8-10)19-14(20)7-9-1-4-11(17)5-2-9/h1-6,8H,7H2,(H2,18,21)(H,19,20). The number of benzene rings is 2. The van der Waals surface area contributed by atoms with Crippen LogP contribution in [0.1, 0.15) is 11.1 Å². The van der Waals surface area contributed by atoms with Crippen LogP contribution in [0.4, 0.5) is 10.1 Å². The lowest BCUT2D eigenvalue weighted by Crippen LogP contribution is -2.19. The van der Waals surface area contributed by atoms with E-state index in [4.69, 9.17) is 18.0 Å². The molecular weight excluding hydrogens is 355 g/mol. The van der Waals surface area contributed by atoms with E-state index in [1.165, 1.54) is 12.1 Å². The summed E-state index contributed by atoms with van der Waals surface area (Å²) in [5, 5.41) is 2.77. The summed E-state index contributed by atoms with van der Waals surface area (Å²) in [5.74, 6) is -0.556. The predicted octanol–water partition coefficient (Wildman–Crippen LogP) is 3.40. The second kappa shape index (κ2) is 6.78. The zero-order valence-corrected chi connectivity index (χ0v) is 13.3. The van der Waals surface area contributed by atoms with Crippen LogP contribution in [0.15, 0.2) is 46.9 Å². The van der Waals surface area contributed by atoms with Crippen molar-refractivity contribution in [1.82, 2.24) is 0 Å². The van der Waals surface area contributed by atoms with Crippen LogP contribution < -0.4 is 11.1 Å². The summed E-state index contributed by atoms with van der Waals surface area (Å²) < 4.78 is 13.6. The molecule has 1 amide bonds. The molecule has 0 fully saturated rings. The molecule has 2 rings (SSSR count). The van der Waals surface area contributed by atoms with E-state index in [1.54, 1.807) is 30.3 Å². The minimum absolute atomic E-state index is 0.142. The Balaban J connectivity index is 2.14. The van der Waals surface area contributed by atoms with Crippen LogP contribution in [0, 0.1) is 5.82 Å². The molecule has 0 atom stereocenters. The van der Waals surface area contributed by atoms with Crippen molar-refractivity contribution < 1.29 is 9.18 Å². The summed E-state index contributed by atoms with van der Waals surface area (Å²) in [4.78, 5) is 12.3. The highest BCUT2D eigenvalue weighted by Crippen LogP contribution is 2.21. The number of hydrogen-bond acceptors (Lipinski definition) is 2. The van der Waals surface area contributed by atoms with Crippen molar-refractivity contribution in [2.45, 2.75) is 6.42 Å². The van der Waals surface area contributed by atoms with Crippen molar-refractivity contribution >= 4 is 44.7 Å². The molecule has 0 aromatic heterocycles. The Labute approximate surface area is 135 Å². The predicted molar refractivity (Wildman–Crippen MR) is 88.8 cm³/mol. The molecule has 0 unspecified atom stereocenters. The topological polar surface area (TPSA) is 55.1 Å². The van der Waals surface area contributed by atoms with Crippen molar-refractivity contribution in [2.75, 3.05) is 5.32 Å². The fourth-order valence-electron chi connectivity index (χ4n) is 1.82. The van der Waals surface area contributed by atoms with Gasteiger partial charge in [0.2, 0.25) is 5.91 Å². The Bertz CT molecular complexity index is 689. The lowest BCUT2D eigenvalue weighted by atomic mass is 10.1. The van der Waals surface area contributed by atoms with Crippen molar-refractivity contribution in [1.29, 1.82) is 0 Å². The molecule has 0 heterocycles. The Morgan fingerprint density at radius 1 is 1.24 bits per heavy atom. The first kappa shape index (κ1) is 15.6. The maximum Gasteiger partial charge on any atom is 0.228 e. The van der Waals surface area contributed by atoms with Gasteiger partial charge in [-0.3, -0.25) is 4.79 Å². The van der Waals surface area contributed by atoms with Gasteiger partial charge >= 0.3 is 0 Å². The number of thiocarbonyl (C=S) groups is 1. The third kappa shape index (κ3) is 4.34. The second-order valence-corrected chi connectivity index (χ2v) is 5.76. The molecule has 3 N–H and O–H groups in total. The van der Waals surface area contributed by atoms with Crippen molar-refractivity contribution in [3.05, 3.63) is 63.9 Å². The molecule has 0 radical (unpaired) electrons. The van der Waals surface area contributed by atoms with Crippen molar-refractivity contribution in [3.63, 3.8) is 0 Å². The summed E-state index contributed by atoms with van der Waals surface area (Å²) in [5.41, 5.74) is 7.50. The van der Waals surface area contributed by atoms with Gasteiger partial charge in [0.1, 0.15) is 10.8 Å². The molecular formula is C15H12BrFN2OS. The molecule has 3 nitrogen and oxygen atoms in total. The van der Waals surface area contributed by atoms with E-state index in [-0.39, 0.29) is 23.1 Å². The third-order valence-electron chi connectivity index (χ3n) is 2.80. The summed E-state index contributed by atoms with van der Waals surface area (Å²) in [7, 11) is 0. The first-order valence-electron chi connectivity index (χ1n) is 6.09. The fourth-order valence-corrected chi connectivity index (χ4v) is 2.36. The van der Waals surface area contributed by atoms with E-state index in [0.717, 1.165) is 10.0 Å². The highest BCUT2D eigenvalue weighted by molar-refractivity contribution is 9.10. The number of amides is 1. The van der Waals surface area contributed by atoms with E-state index >= 15 is 0 Å². The SMILES string of the molecule is NC(=S)c1ccc(Br)cc1NC(=O)Cc1ccc(F)cc1. The minimum Gasteiger partial charge on any atom is -0.389 e. The number of carbonyl (C=O) groups excluding carboxylic acids is 1. The van der Waals surface area contributed by atoms with Crippen molar-refractivity contribution in [2.24, 2.45) is 5.73 Å². The largest absolute Gasteiger partial charge is 0.389 e. The highest BCUT2D eigenvalue weighted by Gasteiger charge is 2.10. The summed E-state index contributed by atoms with van der Waals surface area (Å²) in [6.07, 6.45) is 0.142. The van der Waals surface area contributed by atoms with Crippen LogP contribution in [0.25, 0.3) is 0 Å². The zero-order chi connectivity index (χ0) is 15.4. The summed E-state index contributed by atoms with van der Waals surface area (Å²) in [6.45, 7) is 0. The first-order valence-corrected chi connectivity index (χ1v) is 7.29. The van der Waals surface area contributed by atoms with E-state index in [1.807, 2.05) is 0 Å². The molecule has 0 saturated heterocycles. The summed E-state index contributed by atoms with van der Waals surface area (Å²) in [6, 6.07) is 11.1. The van der Waals surface area contributed by atoms with Crippen LogP contribution in [-0.4, -0.2) is 10.9 Å². The molecule has 0 spiro atoms. The minimum atomic E-state index is -0.332. The summed E-state index contributed by atoms with van der Waals surface area (Å²) >= 11 is 8.29. The molecule has 108 valence electrons. The van der Waals surface area contributed by atoms with Gasteiger partial charge in [-0.2, -0.15) is 0 Å². The average molecular weight is 367 g/mol. The smallest absolute Gasteiger partial charge is 0.228 e. The Kier molecular flexibility index (Phi) is 5.03. The normalized spacial score (nSPS) is 10.2. The van der Waals surface area contributed by atoms with Crippen LogP contribution in [0.2, 0.25) is 0 Å². The zero-order valence-electron chi connectivity index (χ0n) is 10.9. The van der Waals surface area contributed by atoms with Gasteiger partial charge in [0.05, 0.1) is 12.1 Å². The highest BCUT2D eigenvalue weighted by atomic mass is 79.9. The Morgan fingerprint density at radius 2 is 1.90 bits per heavy atom. The lowest BCUT2D eigenvalue weighted by molar-refractivity contribution is -0.115. The van der Waals surface area contributed by atoms with Crippen molar-refractivity contribution in [3.8, 4) is 0 Å². The van der Waals surface area contributed by atoms with Gasteiger partial charge in [-0.15, -0.1) is 0 Å². The molecule has 0 aliphatic carbocycles. The second-order valence-electron chi connectivity index (χ2n) is 4.41. The maximum atomic E-state index is 12.8. The molecule has 2 aromatic rings. The molecule has 6 heteroatoms. The van der Waals surface area contributed by atoms with Gasteiger partial charge in [-0.05, 0) is 35.9 Å². The monoisotopic (exact) mass is 366 g/mol. The van der Waals surface area contributed by atoms with E-state index in [9.17, 15) is 9.18 Å². The molecule has 0 aliphatic heterocycles. The lowest BCUT2D eigenvalue weighted by Gasteiger charge is -2.11. The first-order chi connectivity index (χ1) is 9.95. The molecule has 0 bridgehead atoms. The Morgan fingerprint density at radius 3 is 2.52 bits per heavy atom. The van der Waals surface area contributed by atoms with Crippen LogP contribution in [0.5, 0.6) is 0 Å². The van der Waals surface area contributed by atoms with Crippen LogP contribution in [0.3, 0.4) is 0 Å².